The number of halogens is 2. The highest BCUT2D eigenvalue weighted by Crippen LogP contribution is 2.36. The van der Waals surface area contributed by atoms with Crippen LogP contribution in [0.4, 0.5) is 8.78 Å². The van der Waals surface area contributed by atoms with Crippen LogP contribution in [0, 0.1) is 23.5 Å². The maximum atomic E-state index is 13.8. The number of benzene rings is 1. The Labute approximate surface area is 120 Å². The molecule has 3 heteroatoms. The zero-order chi connectivity index (χ0) is 14.5. The molecule has 0 spiro atoms. The van der Waals surface area contributed by atoms with E-state index in [2.05, 4.69) is 19.2 Å². The monoisotopic (exact) mass is 281 g/mol. The van der Waals surface area contributed by atoms with Gasteiger partial charge in [0.25, 0.3) is 0 Å². The highest BCUT2D eigenvalue weighted by atomic mass is 19.1. The van der Waals surface area contributed by atoms with Crippen LogP contribution in [-0.4, -0.2) is 12.6 Å². The molecule has 0 bridgehead atoms. The van der Waals surface area contributed by atoms with Gasteiger partial charge in [0.2, 0.25) is 0 Å². The molecule has 0 heterocycles. The number of hydrogen-bond acceptors (Lipinski definition) is 1. The molecule has 0 amide bonds. The second-order valence-corrected chi connectivity index (χ2v) is 5.95. The second-order valence-electron chi connectivity index (χ2n) is 5.95. The van der Waals surface area contributed by atoms with E-state index in [1.165, 1.54) is 43.9 Å². The van der Waals surface area contributed by atoms with E-state index in [1.54, 1.807) is 0 Å². The molecule has 1 nitrogen and oxygen atoms in total. The van der Waals surface area contributed by atoms with Crippen LogP contribution in [-0.2, 0) is 6.42 Å². The summed E-state index contributed by atoms with van der Waals surface area (Å²) in [5.41, 5.74) is 0.496. The molecule has 1 N–H and O–H groups in total. The highest BCUT2D eigenvalue weighted by molar-refractivity contribution is 5.20. The molecule has 2 rings (SSSR count). The van der Waals surface area contributed by atoms with E-state index in [0.717, 1.165) is 12.5 Å². The Bertz CT molecular complexity index is 433. The average molecular weight is 281 g/mol. The summed E-state index contributed by atoms with van der Waals surface area (Å²) in [5.74, 6) is 0.745. The summed E-state index contributed by atoms with van der Waals surface area (Å²) in [7, 11) is 0. The normalized spacial score (nSPS) is 24.0. The Balaban J connectivity index is 2.07. The van der Waals surface area contributed by atoms with E-state index in [-0.39, 0.29) is 17.7 Å². The van der Waals surface area contributed by atoms with Crippen LogP contribution in [0.1, 0.15) is 45.1 Å². The van der Waals surface area contributed by atoms with Gasteiger partial charge in [-0.2, -0.15) is 0 Å². The molecule has 3 unspecified atom stereocenters. The van der Waals surface area contributed by atoms with Gasteiger partial charge in [0.1, 0.15) is 11.6 Å². The summed E-state index contributed by atoms with van der Waals surface area (Å²) in [6.07, 6.45) is 5.50. The molecule has 1 aromatic rings. The Morgan fingerprint density at radius 1 is 1.25 bits per heavy atom. The number of rotatable bonds is 6. The Morgan fingerprint density at radius 2 is 2.05 bits per heavy atom. The Morgan fingerprint density at radius 3 is 2.70 bits per heavy atom. The van der Waals surface area contributed by atoms with Crippen LogP contribution in [0.3, 0.4) is 0 Å². The van der Waals surface area contributed by atoms with Crippen LogP contribution in [0.5, 0.6) is 0 Å². The van der Waals surface area contributed by atoms with Gasteiger partial charge in [-0.25, -0.2) is 8.78 Å². The van der Waals surface area contributed by atoms with Gasteiger partial charge in [0.05, 0.1) is 0 Å². The van der Waals surface area contributed by atoms with Gasteiger partial charge >= 0.3 is 0 Å². The van der Waals surface area contributed by atoms with E-state index in [1.807, 2.05) is 0 Å². The van der Waals surface area contributed by atoms with Crippen molar-refractivity contribution in [3.05, 3.63) is 35.4 Å². The van der Waals surface area contributed by atoms with Gasteiger partial charge in [-0.1, -0.05) is 26.7 Å². The van der Waals surface area contributed by atoms with Crippen molar-refractivity contribution in [2.75, 3.05) is 6.54 Å². The maximum Gasteiger partial charge on any atom is 0.126 e. The fourth-order valence-corrected chi connectivity index (χ4v) is 3.45. The van der Waals surface area contributed by atoms with Crippen LogP contribution in [0.2, 0.25) is 0 Å². The molecule has 1 aliphatic carbocycles. The van der Waals surface area contributed by atoms with E-state index in [0.29, 0.717) is 17.9 Å². The first-order valence-electron chi connectivity index (χ1n) is 7.81. The molecule has 20 heavy (non-hydrogen) atoms. The van der Waals surface area contributed by atoms with Crippen molar-refractivity contribution in [2.24, 2.45) is 11.8 Å². The van der Waals surface area contributed by atoms with Crippen LogP contribution in [0.15, 0.2) is 18.2 Å². The second kappa shape index (κ2) is 7.16. The molecule has 112 valence electrons. The van der Waals surface area contributed by atoms with Crippen molar-refractivity contribution < 1.29 is 8.78 Å². The number of nitrogens with one attached hydrogen (secondary N) is 1. The van der Waals surface area contributed by atoms with Crippen molar-refractivity contribution in [1.82, 2.24) is 5.32 Å². The molecule has 3 atom stereocenters. The summed E-state index contributed by atoms with van der Waals surface area (Å²) in [6.45, 7) is 5.18. The molecule has 1 aliphatic rings. The molecule has 0 saturated heterocycles. The van der Waals surface area contributed by atoms with Crippen LogP contribution in [0.25, 0.3) is 0 Å². The molecule has 1 aromatic carbocycles. The zero-order valence-corrected chi connectivity index (χ0v) is 12.5. The molecule has 1 saturated carbocycles. The largest absolute Gasteiger partial charge is 0.314 e. The van der Waals surface area contributed by atoms with Gasteiger partial charge in [0, 0.05) is 6.04 Å². The zero-order valence-electron chi connectivity index (χ0n) is 12.5. The molecule has 0 radical (unpaired) electrons. The van der Waals surface area contributed by atoms with Gasteiger partial charge in [0.15, 0.2) is 0 Å². The Hall–Kier alpha value is -0.960. The quantitative estimate of drug-likeness (QED) is 0.819. The minimum absolute atomic E-state index is 0.257. The summed E-state index contributed by atoms with van der Waals surface area (Å²) in [5, 5.41) is 3.48. The van der Waals surface area contributed by atoms with Gasteiger partial charge in [-0.3, -0.25) is 0 Å². The lowest BCUT2D eigenvalue weighted by Gasteiger charge is -2.25. The Kier molecular flexibility index (Phi) is 5.53. The molecule has 1 fully saturated rings. The third-order valence-electron chi connectivity index (χ3n) is 4.64. The summed E-state index contributed by atoms with van der Waals surface area (Å²) >= 11 is 0. The number of hydrogen-bond donors (Lipinski definition) is 1. The van der Waals surface area contributed by atoms with E-state index in [9.17, 15) is 8.78 Å². The fourth-order valence-electron chi connectivity index (χ4n) is 3.45. The van der Waals surface area contributed by atoms with Crippen LogP contribution >= 0.6 is 0 Å². The highest BCUT2D eigenvalue weighted by Gasteiger charge is 2.30. The third kappa shape index (κ3) is 3.78. The van der Waals surface area contributed by atoms with E-state index >= 15 is 0 Å². The standard InChI is InChI=1S/C17H25F2N/c1-3-12-5-6-13(9-12)17(20-4-2)11-14-10-15(18)7-8-16(14)19/h7-8,10,12-13,17,20H,3-6,9,11H2,1-2H3. The first-order valence-corrected chi connectivity index (χ1v) is 7.81. The van der Waals surface area contributed by atoms with Crippen molar-refractivity contribution >= 4 is 0 Å². The van der Waals surface area contributed by atoms with Gasteiger partial charge in [-0.15, -0.1) is 0 Å². The van der Waals surface area contributed by atoms with E-state index in [4.69, 9.17) is 0 Å². The SMILES string of the molecule is CCNC(Cc1cc(F)ccc1F)C1CCC(CC)C1. The smallest absolute Gasteiger partial charge is 0.126 e. The minimum Gasteiger partial charge on any atom is -0.314 e. The summed E-state index contributed by atoms with van der Waals surface area (Å²) in [6, 6.07) is 4.01. The van der Waals surface area contributed by atoms with Crippen LogP contribution < -0.4 is 5.32 Å². The van der Waals surface area contributed by atoms with Crippen molar-refractivity contribution in [1.29, 1.82) is 0 Å². The lowest BCUT2D eigenvalue weighted by molar-refractivity contribution is 0.345. The first kappa shape index (κ1) is 15.4. The molecule has 0 aliphatic heterocycles. The van der Waals surface area contributed by atoms with Crippen molar-refractivity contribution in [2.45, 2.75) is 52.0 Å². The average Bonchev–Trinajstić information content (AvgIpc) is 2.91. The van der Waals surface area contributed by atoms with Gasteiger partial charge in [-0.05, 0) is 61.4 Å². The summed E-state index contributed by atoms with van der Waals surface area (Å²) in [4.78, 5) is 0. The first-order chi connectivity index (χ1) is 9.63. The van der Waals surface area contributed by atoms with E-state index < -0.39 is 0 Å². The predicted molar refractivity (Wildman–Crippen MR) is 78.6 cm³/mol. The summed E-state index contributed by atoms with van der Waals surface area (Å²) < 4.78 is 27.1. The number of likely N-dealkylation sites (N-methyl/N-ethyl adjacent to an activating group) is 1. The fraction of sp³-hybridized carbons (Fsp3) is 0.647. The van der Waals surface area contributed by atoms with Gasteiger partial charge < -0.3 is 5.32 Å². The van der Waals surface area contributed by atoms with Crippen molar-refractivity contribution in [3.63, 3.8) is 0 Å². The molecular weight excluding hydrogens is 256 g/mol. The molecule has 0 aromatic heterocycles. The molecular formula is C17H25F2N. The topological polar surface area (TPSA) is 12.0 Å². The lowest BCUT2D eigenvalue weighted by atomic mass is 9.90. The maximum absolute atomic E-state index is 13.8. The lowest BCUT2D eigenvalue weighted by Crippen LogP contribution is -2.37. The minimum atomic E-state index is -0.352. The van der Waals surface area contributed by atoms with Crippen molar-refractivity contribution in [3.8, 4) is 0 Å². The third-order valence-corrected chi connectivity index (χ3v) is 4.64. The predicted octanol–water partition coefficient (Wildman–Crippen LogP) is 4.31.